The Labute approximate surface area is 176 Å². The van der Waals surface area contributed by atoms with Crippen molar-refractivity contribution in [1.82, 2.24) is 14.7 Å². The van der Waals surface area contributed by atoms with E-state index in [1.165, 1.54) is 22.7 Å². The topological polar surface area (TPSA) is 71.3 Å². The second kappa shape index (κ2) is 10.2. The molecule has 0 aliphatic heterocycles. The molecular formula is C22H28N4O2S. The highest BCUT2D eigenvalue weighted by Gasteiger charge is 2.16. The molecule has 154 valence electrons. The van der Waals surface area contributed by atoms with E-state index in [2.05, 4.69) is 59.6 Å². The lowest BCUT2D eigenvalue weighted by Crippen LogP contribution is -2.33. The van der Waals surface area contributed by atoms with Crippen LogP contribution in [-0.4, -0.2) is 28.4 Å². The average molecular weight is 413 g/mol. The van der Waals surface area contributed by atoms with Crippen molar-refractivity contribution in [2.75, 3.05) is 18.0 Å². The van der Waals surface area contributed by atoms with Crippen LogP contribution in [0, 0.1) is 12.8 Å². The molecule has 29 heavy (non-hydrogen) atoms. The normalized spacial score (nSPS) is 11.0. The minimum atomic E-state index is -0.000416. The molecule has 0 fully saturated rings. The zero-order valence-corrected chi connectivity index (χ0v) is 18.0. The van der Waals surface area contributed by atoms with Gasteiger partial charge in [-0.05, 0) is 30.5 Å². The van der Waals surface area contributed by atoms with Gasteiger partial charge < -0.3 is 14.6 Å². The van der Waals surface area contributed by atoms with Crippen LogP contribution < -0.4 is 10.2 Å². The lowest BCUT2D eigenvalue weighted by Gasteiger charge is -2.23. The van der Waals surface area contributed by atoms with E-state index >= 15 is 0 Å². The van der Waals surface area contributed by atoms with Crippen molar-refractivity contribution < 1.29 is 9.21 Å². The van der Waals surface area contributed by atoms with Crippen LogP contribution in [0.5, 0.6) is 0 Å². The minimum Gasteiger partial charge on any atom is -0.467 e. The maximum Gasteiger partial charge on any atom is 0.222 e. The van der Waals surface area contributed by atoms with Gasteiger partial charge in [-0.2, -0.15) is 4.37 Å². The second-order valence-corrected chi connectivity index (χ2v) is 8.33. The smallest absolute Gasteiger partial charge is 0.222 e. The molecule has 1 aromatic carbocycles. The molecule has 1 N–H and O–H groups in total. The number of hydrogen-bond acceptors (Lipinski definition) is 6. The van der Waals surface area contributed by atoms with E-state index in [9.17, 15) is 4.79 Å². The summed E-state index contributed by atoms with van der Waals surface area (Å²) in [6.07, 6.45) is 2.73. The van der Waals surface area contributed by atoms with Crippen molar-refractivity contribution >= 4 is 22.6 Å². The van der Waals surface area contributed by atoms with E-state index in [1.54, 1.807) is 6.26 Å². The highest BCUT2D eigenvalue weighted by molar-refractivity contribution is 7.09. The molecule has 0 aliphatic carbocycles. The van der Waals surface area contributed by atoms with Crippen molar-refractivity contribution in [3.63, 3.8) is 0 Å². The van der Waals surface area contributed by atoms with Crippen molar-refractivity contribution in [2.24, 2.45) is 5.92 Å². The fourth-order valence-electron chi connectivity index (χ4n) is 2.96. The molecule has 2 aromatic heterocycles. The van der Waals surface area contributed by atoms with E-state index in [4.69, 9.17) is 9.40 Å². The molecule has 3 aromatic rings. The van der Waals surface area contributed by atoms with Gasteiger partial charge in [-0.25, -0.2) is 4.98 Å². The van der Waals surface area contributed by atoms with Crippen LogP contribution in [0.4, 0.5) is 5.13 Å². The Bertz CT molecular complexity index is 888. The average Bonchev–Trinajstić information content (AvgIpc) is 3.37. The third-order valence-electron chi connectivity index (χ3n) is 4.44. The highest BCUT2D eigenvalue weighted by atomic mass is 32.1. The minimum absolute atomic E-state index is 0.000416. The zero-order valence-electron chi connectivity index (χ0n) is 17.2. The summed E-state index contributed by atoms with van der Waals surface area (Å²) in [6.45, 7) is 8.27. The summed E-state index contributed by atoms with van der Waals surface area (Å²) in [5.74, 6) is 2.04. The van der Waals surface area contributed by atoms with Crippen LogP contribution in [0.1, 0.15) is 43.0 Å². The summed E-state index contributed by atoms with van der Waals surface area (Å²) in [5, 5.41) is 3.77. The first-order valence-corrected chi connectivity index (χ1v) is 10.7. The monoisotopic (exact) mass is 412 g/mol. The largest absolute Gasteiger partial charge is 0.467 e. The van der Waals surface area contributed by atoms with Gasteiger partial charge in [0.25, 0.3) is 0 Å². The Morgan fingerprint density at radius 2 is 2.03 bits per heavy atom. The summed E-state index contributed by atoms with van der Waals surface area (Å²) in [7, 11) is 0. The van der Waals surface area contributed by atoms with Gasteiger partial charge in [0.1, 0.15) is 11.6 Å². The lowest BCUT2D eigenvalue weighted by molar-refractivity contribution is -0.121. The van der Waals surface area contributed by atoms with Gasteiger partial charge in [0.2, 0.25) is 11.0 Å². The summed E-state index contributed by atoms with van der Waals surface area (Å²) in [4.78, 5) is 19.1. The predicted molar refractivity (Wildman–Crippen MR) is 116 cm³/mol. The van der Waals surface area contributed by atoms with Crippen molar-refractivity contribution in [1.29, 1.82) is 0 Å². The Morgan fingerprint density at radius 1 is 1.24 bits per heavy atom. The van der Waals surface area contributed by atoms with Gasteiger partial charge in [-0.3, -0.25) is 4.79 Å². The molecule has 0 spiro atoms. The van der Waals surface area contributed by atoms with Gasteiger partial charge in [-0.15, -0.1) is 0 Å². The van der Waals surface area contributed by atoms with E-state index in [-0.39, 0.29) is 5.91 Å². The summed E-state index contributed by atoms with van der Waals surface area (Å²) < 4.78 is 9.78. The number of aryl methyl sites for hydroxylation is 1. The van der Waals surface area contributed by atoms with Crippen molar-refractivity contribution in [3.05, 3.63) is 65.4 Å². The molecule has 6 nitrogen and oxygen atoms in total. The number of amides is 1. The maximum atomic E-state index is 12.2. The van der Waals surface area contributed by atoms with Crippen molar-refractivity contribution in [3.8, 4) is 0 Å². The standard InChI is InChI=1S/C22H28N4O2S/c1-16(2)15-26(11-10-21(27)23-14-19-5-4-12-28-19)22-24-20(25-29-22)13-18-8-6-17(3)7-9-18/h4-9,12,16H,10-11,13-15H2,1-3H3,(H,23,27). The Balaban J connectivity index is 1.57. The van der Waals surface area contributed by atoms with E-state index in [1.807, 2.05) is 12.1 Å². The van der Waals surface area contributed by atoms with Gasteiger partial charge in [0.05, 0.1) is 12.8 Å². The molecule has 3 rings (SSSR count). The molecule has 2 heterocycles. The Morgan fingerprint density at radius 3 is 2.72 bits per heavy atom. The number of nitrogens with zero attached hydrogens (tertiary/aromatic N) is 3. The number of anilines is 1. The summed E-state index contributed by atoms with van der Waals surface area (Å²) >= 11 is 1.40. The number of nitrogens with one attached hydrogen (secondary N) is 1. The fraction of sp³-hybridized carbons (Fsp3) is 0.409. The number of carbonyl (C=O) groups is 1. The molecule has 0 bridgehead atoms. The van der Waals surface area contributed by atoms with Crippen molar-refractivity contribution in [2.45, 2.75) is 40.2 Å². The molecule has 0 atom stereocenters. The molecule has 0 aliphatic rings. The van der Waals surface area contributed by atoms with Crippen LogP contribution in [0.15, 0.2) is 47.1 Å². The van der Waals surface area contributed by atoms with Gasteiger partial charge in [-0.1, -0.05) is 43.7 Å². The maximum absolute atomic E-state index is 12.2. The molecule has 0 saturated heterocycles. The lowest BCUT2D eigenvalue weighted by atomic mass is 10.1. The first kappa shape index (κ1) is 21.0. The third-order valence-corrected chi connectivity index (χ3v) is 5.26. The quantitative estimate of drug-likeness (QED) is 0.540. The van der Waals surface area contributed by atoms with Gasteiger partial charge in [0.15, 0.2) is 0 Å². The van der Waals surface area contributed by atoms with Crippen LogP contribution in [0.25, 0.3) is 0 Å². The van der Waals surface area contributed by atoms with E-state index < -0.39 is 0 Å². The second-order valence-electron chi connectivity index (χ2n) is 7.60. The first-order chi connectivity index (χ1) is 14.0. The number of carbonyl (C=O) groups excluding carboxylic acids is 1. The van der Waals surface area contributed by atoms with E-state index in [0.29, 0.717) is 25.4 Å². The predicted octanol–water partition coefficient (Wildman–Crippen LogP) is 4.20. The van der Waals surface area contributed by atoms with E-state index in [0.717, 1.165) is 29.7 Å². The van der Waals surface area contributed by atoms with Crippen LogP contribution in [0.3, 0.4) is 0 Å². The molecule has 0 saturated carbocycles. The van der Waals surface area contributed by atoms with Gasteiger partial charge >= 0.3 is 0 Å². The molecular weight excluding hydrogens is 384 g/mol. The van der Waals surface area contributed by atoms with Crippen LogP contribution >= 0.6 is 11.5 Å². The number of aromatic nitrogens is 2. The Kier molecular flexibility index (Phi) is 7.41. The molecule has 0 unspecified atom stereocenters. The number of furan rings is 1. The van der Waals surface area contributed by atoms with Crippen LogP contribution in [0.2, 0.25) is 0 Å². The molecule has 7 heteroatoms. The highest BCUT2D eigenvalue weighted by Crippen LogP contribution is 2.21. The summed E-state index contributed by atoms with van der Waals surface area (Å²) in [5.41, 5.74) is 2.45. The fourth-order valence-corrected chi connectivity index (χ4v) is 3.68. The Hall–Kier alpha value is -2.67. The summed E-state index contributed by atoms with van der Waals surface area (Å²) in [6, 6.07) is 12.1. The zero-order chi connectivity index (χ0) is 20.6. The number of rotatable bonds is 10. The molecule has 0 radical (unpaired) electrons. The number of hydrogen-bond donors (Lipinski definition) is 1. The third kappa shape index (κ3) is 6.71. The van der Waals surface area contributed by atoms with Gasteiger partial charge in [0, 0.05) is 37.5 Å². The first-order valence-electron chi connectivity index (χ1n) is 9.91. The number of benzene rings is 1. The SMILES string of the molecule is Cc1ccc(Cc2nsc(N(CCC(=O)NCc3ccco3)CC(C)C)n2)cc1. The van der Waals surface area contributed by atoms with Crippen LogP contribution in [-0.2, 0) is 17.8 Å². The molecule has 1 amide bonds.